The van der Waals surface area contributed by atoms with Crippen molar-refractivity contribution in [2.24, 2.45) is 0 Å². The minimum absolute atomic E-state index is 0. The Morgan fingerprint density at radius 3 is 1.00 bits per heavy atom. The third-order valence-electron chi connectivity index (χ3n) is 0. The third-order valence-corrected chi connectivity index (χ3v) is 0. The van der Waals surface area contributed by atoms with E-state index < -0.39 is 13.7 Å². The van der Waals surface area contributed by atoms with Gasteiger partial charge in [0.2, 0.25) is 0 Å². The van der Waals surface area contributed by atoms with Crippen molar-refractivity contribution >= 4 is 28.6 Å². The Kier molecular flexibility index (Phi) is 10.7. The van der Waals surface area contributed by atoms with Gasteiger partial charge in [-0.2, -0.15) is 0 Å². The molecular formula is H3Cl3NPd. The molecule has 0 bridgehead atoms. The second-order valence-corrected chi connectivity index (χ2v) is 7.22. The maximum atomic E-state index is 4.92. The second kappa shape index (κ2) is 5.49. The van der Waals surface area contributed by atoms with Gasteiger partial charge in [-0.1, -0.05) is 0 Å². The molecule has 0 rings (SSSR count). The average Bonchev–Trinajstić information content (AvgIpc) is 0.811. The van der Waals surface area contributed by atoms with Gasteiger partial charge in [0, 0.05) is 0 Å². The summed E-state index contributed by atoms with van der Waals surface area (Å²) in [6, 6.07) is 0. The van der Waals surface area contributed by atoms with Gasteiger partial charge < -0.3 is 6.15 Å². The standard InChI is InChI=1S/3ClH.H3N.Pd/h3*1H;1H3;/q;;;;+3/p-3. The summed E-state index contributed by atoms with van der Waals surface area (Å²) in [5.41, 5.74) is 0. The van der Waals surface area contributed by atoms with Gasteiger partial charge >= 0.3 is 42.3 Å². The topological polar surface area (TPSA) is 35.0 Å². The predicted molar refractivity (Wildman–Crippen MR) is 22.6 cm³/mol. The van der Waals surface area contributed by atoms with Gasteiger partial charge in [-0.15, -0.1) is 0 Å². The number of rotatable bonds is 0. The van der Waals surface area contributed by atoms with Gasteiger partial charge in [-0.05, 0) is 0 Å². The summed E-state index contributed by atoms with van der Waals surface area (Å²) in [6.07, 6.45) is 0. The zero-order valence-corrected chi connectivity index (χ0v) is 5.98. The van der Waals surface area contributed by atoms with Crippen molar-refractivity contribution < 1.29 is 13.7 Å². The zero-order chi connectivity index (χ0) is 3.58. The first-order valence-electron chi connectivity index (χ1n) is 0.359. The van der Waals surface area contributed by atoms with E-state index in [2.05, 4.69) is 0 Å². The molecule has 39 valence electrons. The van der Waals surface area contributed by atoms with E-state index in [9.17, 15) is 0 Å². The second-order valence-electron chi connectivity index (χ2n) is 0.136. The fraction of sp³-hybridized carbons (Fsp3) is 0. The van der Waals surface area contributed by atoms with Crippen LogP contribution < -0.4 is 6.15 Å². The van der Waals surface area contributed by atoms with Crippen LogP contribution in [-0.4, -0.2) is 0 Å². The Labute approximate surface area is 48.4 Å². The average molecular weight is 230 g/mol. The number of hydrogen-bond acceptors (Lipinski definition) is 1. The van der Waals surface area contributed by atoms with Crippen molar-refractivity contribution in [1.29, 1.82) is 0 Å². The number of halogens is 3. The van der Waals surface area contributed by atoms with Crippen molar-refractivity contribution in [1.82, 2.24) is 6.15 Å². The first kappa shape index (κ1) is 9.70. The van der Waals surface area contributed by atoms with E-state index in [0.717, 1.165) is 0 Å². The van der Waals surface area contributed by atoms with Crippen LogP contribution in [0.15, 0.2) is 0 Å². The summed E-state index contributed by atoms with van der Waals surface area (Å²) in [5.74, 6) is 0. The van der Waals surface area contributed by atoms with E-state index in [0.29, 0.717) is 0 Å². The van der Waals surface area contributed by atoms with Gasteiger partial charge in [-0.25, -0.2) is 0 Å². The third kappa shape index (κ3) is 30.1. The van der Waals surface area contributed by atoms with Gasteiger partial charge in [0.05, 0.1) is 0 Å². The molecule has 0 saturated heterocycles. The molecule has 3 N–H and O–H groups in total. The fourth-order valence-corrected chi connectivity index (χ4v) is 0. The van der Waals surface area contributed by atoms with E-state index in [4.69, 9.17) is 28.6 Å². The molecule has 0 aromatic carbocycles. The zero-order valence-electron chi connectivity index (χ0n) is 2.16. The molecule has 0 aliphatic carbocycles. The fourth-order valence-electron chi connectivity index (χ4n) is 0. The van der Waals surface area contributed by atoms with Crippen LogP contribution in [0.5, 0.6) is 0 Å². The van der Waals surface area contributed by atoms with Crippen molar-refractivity contribution in [3.05, 3.63) is 0 Å². The Balaban J connectivity index is 0. The Morgan fingerprint density at radius 2 is 1.00 bits per heavy atom. The summed E-state index contributed by atoms with van der Waals surface area (Å²) in [4.78, 5) is 0. The Hall–Kier alpha value is 1.49. The minimum atomic E-state index is -1.57. The summed E-state index contributed by atoms with van der Waals surface area (Å²) < 4.78 is 0. The molecular weight excluding hydrogens is 227 g/mol. The molecule has 0 fully saturated rings. The SMILES string of the molecule is N.[Cl][Pd]([Cl])[Cl]. The van der Waals surface area contributed by atoms with Crippen LogP contribution in [0.4, 0.5) is 0 Å². The molecule has 0 aliphatic heterocycles. The molecule has 0 spiro atoms. The molecule has 0 saturated carbocycles. The van der Waals surface area contributed by atoms with E-state index in [1.54, 1.807) is 0 Å². The quantitative estimate of drug-likeness (QED) is 0.636. The number of hydrogen-bond donors (Lipinski definition) is 1. The van der Waals surface area contributed by atoms with Crippen LogP contribution in [0.25, 0.3) is 0 Å². The van der Waals surface area contributed by atoms with Crippen molar-refractivity contribution in [2.45, 2.75) is 0 Å². The molecule has 0 atom stereocenters. The van der Waals surface area contributed by atoms with Gasteiger partial charge in [-0.3, -0.25) is 0 Å². The van der Waals surface area contributed by atoms with Crippen LogP contribution in [0.3, 0.4) is 0 Å². The Morgan fingerprint density at radius 1 is 1.00 bits per heavy atom. The summed E-state index contributed by atoms with van der Waals surface area (Å²) in [7, 11) is 14.8. The molecule has 5 heavy (non-hydrogen) atoms. The molecule has 0 aliphatic rings. The summed E-state index contributed by atoms with van der Waals surface area (Å²) in [5, 5.41) is 0. The predicted octanol–water partition coefficient (Wildman–Crippen LogP) is 2.23. The monoisotopic (exact) mass is 228 g/mol. The summed E-state index contributed by atoms with van der Waals surface area (Å²) in [6.45, 7) is 0. The van der Waals surface area contributed by atoms with Gasteiger partial charge in [0.15, 0.2) is 0 Å². The molecule has 1 nitrogen and oxygen atoms in total. The Bertz CT molecular complexity index is 11.6. The summed E-state index contributed by atoms with van der Waals surface area (Å²) >= 11 is -1.57. The molecule has 0 aromatic rings. The van der Waals surface area contributed by atoms with E-state index in [-0.39, 0.29) is 6.15 Å². The van der Waals surface area contributed by atoms with Gasteiger partial charge in [0.1, 0.15) is 0 Å². The van der Waals surface area contributed by atoms with Crippen molar-refractivity contribution in [3.8, 4) is 0 Å². The van der Waals surface area contributed by atoms with Crippen LogP contribution >= 0.6 is 28.6 Å². The molecule has 0 aromatic heterocycles. The molecule has 0 unspecified atom stereocenters. The molecule has 0 radical (unpaired) electrons. The van der Waals surface area contributed by atoms with Gasteiger partial charge in [0.25, 0.3) is 0 Å². The van der Waals surface area contributed by atoms with Crippen LogP contribution in [-0.2, 0) is 13.7 Å². The molecule has 0 amide bonds. The first-order chi connectivity index (χ1) is 1.73. The van der Waals surface area contributed by atoms with Crippen molar-refractivity contribution in [2.75, 3.05) is 0 Å². The maximum absolute atomic E-state index is 4.92. The van der Waals surface area contributed by atoms with Crippen LogP contribution in [0, 0.1) is 0 Å². The normalized spacial score (nSPS) is 9.00. The van der Waals surface area contributed by atoms with Crippen molar-refractivity contribution in [3.63, 3.8) is 0 Å². The van der Waals surface area contributed by atoms with E-state index in [1.807, 2.05) is 0 Å². The molecule has 5 heteroatoms. The molecule has 0 heterocycles. The van der Waals surface area contributed by atoms with Crippen LogP contribution in [0.1, 0.15) is 0 Å². The van der Waals surface area contributed by atoms with Crippen LogP contribution in [0.2, 0.25) is 0 Å². The van der Waals surface area contributed by atoms with E-state index >= 15 is 0 Å². The first-order valence-corrected chi connectivity index (χ1v) is 6.36. The van der Waals surface area contributed by atoms with E-state index in [1.165, 1.54) is 0 Å².